The topological polar surface area (TPSA) is 26.0 Å². The summed E-state index contributed by atoms with van der Waals surface area (Å²) in [5.74, 6) is 4.29. The fourth-order valence-corrected chi connectivity index (χ4v) is 3.87. The monoisotopic (exact) mass is 227 g/mol. The molecule has 0 saturated heterocycles. The van der Waals surface area contributed by atoms with Gasteiger partial charge in [-0.25, -0.2) is 0 Å². The lowest BCUT2D eigenvalue weighted by molar-refractivity contribution is 1.06. The van der Waals surface area contributed by atoms with Gasteiger partial charge in [-0.15, -0.1) is 10.5 Å². The smallest absolute Gasteiger partial charge is 0.0361 e. The lowest BCUT2D eigenvalue weighted by Crippen LogP contribution is -2.04. The van der Waals surface area contributed by atoms with Gasteiger partial charge in [-0.3, -0.25) is 0 Å². The van der Waals surface area contributed by atoms with Gasteiger partial charge in [-0.1, -0.05) is 30.1 Å². The quantitative estimate of drug-likeness (QED) is 0.463. The van der Waals surface area contributed by atoms with E-state index in [2.05, 4.69) is 36.2 Å². The molecule has 0 amide bonds. The molecule has 0 spiro atoms. The second kappa shape index (κ2) is 3.49. The minimum absolute atomic E-state index is 0.0804. The molecule has 1 nitrogen and oxygen atoms in total. The van der Waals surface area contributed by atoms with Crippen molar-refractivity contribution in [1.29, 1.82) is 0 Å². The number of rotatable bonds is 0. The van der Waals surface area contributed by atoms with E-state index in [-0.39, 0.29) is 10.5 Å². The molecule has 0 fully saturated rings. The molecule has 0 aromatic heterocycles. The molecule has 0 bridgehead atoms. The van der Waals surface area contributed by atoms with Gasteiger partial charge < -0.3 is 5.73 Å². The van der Waals surface area contributed by atoms with E-state index >= 15 is 0 Å². The summed E-state index contributed by atoms with van der Waals surface area (Å²) in [5.41, 5.74) is 9.56. The zero-order valence-electron chi connectivity index (χ0n) is 8.94. The summed E-state index contributed by atoms with van der Waals surface area (Å²) in [6, 6.07) is 14.7. The third kappa shape index (κ3) is 1.30. The van der Waals surface area contributed by atoms with Crippen LogP contribution in [-0.4, -0.2) is 5.87 Å². The Morgan fingerprint density at radius 1 is 1.00 bits per heavy atom. The van der Waals surface area contributed by atoms with Crippen LogP contribution in [-0.2, 0) is 6.42 Å². The minimum atomic E-state index is -0.0804. The molecular weight excluding hydrogens is 214 g/mol. The fraction of sp³-hybridized carbons (Fsp3) is 0.0714. The molecule has 2 N–H and O–H groups in total. The van der Waals surface area contributed by atoms with Crippen molar-refractivity contribution in [1.82, 2.24) is 0 Å². The Balaban J connectivity index is 2.26. The molecule has 1 atom stereocenters. The van der Waals surface area contributed by atoms with Crippen molar-refractivity contribution >= 4 is 22.0 Å². The first kappa shape index (κ1) is 9.67. The van der Waals surface area contributed by atoms with Crippen molar-refractivity contribution in [3.05, 3.63) is 53.6 Å². The van der Waals surface area contributed by atoms with Crippen molar-refractivity contribution in [3.8, 4) is 0 Å². The normalized spacial score (nSPS) is 17.6. The minimum Gasteiger partial charge on any atom is -0.398 e. The molecule has 1 aliphatic rings. The third-order valence-electron chi connectivity index (χ3n) is 3.04. The Morgan fingerprint density at radius 3 is 2.62 bits per heavy atom. The van der Waals surface area contributed by atoms with E-state index in [1.165, 1.54) is 20.9 Å². The zero-order chi connectivity index (χ0) is 11.1. The van der Waals surface area contributed by atoms with Crippen LogP contribution in [0, 0.1) is 0 Å². The van der Waals surface area contributed by atoms with Crippen LogP contribution in [0.1, 0.15) is 11.1 Å². The molecule has 0 radical (unpaired) electrons. The molecule has 3 rings (SSSR count). The van der Waals surface area contributed by atoms with Crippen molar-refractivity contribution in [2.75, 3.05) is 5.73 Å². The Kier molecular flexibility index (Phi) is 2.11. The van der Waals surface area contributed by atoms with Crippen molar-refractivity contribution in [3.63, 3.8) is 0 Å². The van der Waals surface area contributed by atoms with Crippen LogP contribution in [0.3, 0.4) is 0 Å². The highest BCUT2D eigenvalue weighted by atomic mass is 32.2. The average Bonchev–Trinajstić information content (AvgIpc) is 2.31. The molecule has 1 aliphatic heterocycles. The number of fused-ring (bicyclic) bond motifs is 2. The van der Waals surface area contributed by atoms with Crippen LogP contribution in [0.25, 0.3) is 0 Å². The number of hydrogen-bond acceptors (Lipinski definition) is 1. The van der Waals surface area contributed by atoms with Gasteiger partial charge in [0.2, 0.25) is 0 Å². The van der Waals surface area contributed by atoms with Crippen LogP contribution in [0.5, 0.6) is 0 Å². The lowest BCUT2D eigenvalue weighted by atomic mass is 10.0. The molecule has 0 aliphatic carbocycles. The summed E-state index contributed by atoms with van der Waals surface area (Å²) < 4.78 is 0. The summed E-state index contributed by atoms with van der Waals surface area (Å²) in [5, 5.41) is 0. The molecule has 2 aromatic carbocycles. The summed E-state index contributed by atoms with van der Waals surface area (Å²) in [6.07, 6.45) is 0.942. The molecule has 80 valence electrons. The molecule has 2 heteroatoms. The van der Waals surface area contributed by atoms with E-state index in [1.807, 2.05) is 12.1 Å². The molecule has 0 saturated carbocycles. The standard InChI is InChI=1S/C14H13NS/c1-16-13-7-3-2-5-10(13)9-11-12(15)6-4-8-14(11)16/h2-8H,1,9,15H2. The highest BCUT2D eigenvalue weighted by Crippen LogP contribution is 2.45. The summed E-state index contributed by atoms with van der Waals surface area (Å²) in [4.78, 5) is 2.67. The van der Waals surface area contributed by atoms with Gasteiger partial charge >= 0.3 is 0 Å². The Labute approximate surface area is 97.8 Å². The van der Waals surface area contributed by atoms with Crippen molar-refractivity contribution in [2.24, 2.45) is 0 Å². The van der Waals surface area contributed by atoms with E-state index in [4.69, 9.17) is 5.73 Å². The first-order chi connectivity index (χ1) is 7.77. The van der Waals surface area contributed by atoms with Crippen LogP contribution in [0.4, 0.5) is 5.69 Å². The summed E-state index contributed by atoms with van der Waals surface area (Å²) >= 11 is 0. The maximum Gasteiger partial charge on any atom is 0.0361 e. The van der Waals surface area contributed by atoms with Gasteiger partial charge in [0.25, 0.3) is 0 Å². The molecule has 1 unspecified atom stereocenters. The second-order valence-electron chi connectivity index (χ2n) is 4.00. The van der Waals surface area contributed by atoms with Crippen LogP contribution >= 0.6 is 10.5 Å². The van der Waals surface area contributed by atoms with Crippen LogP contribution < -0.4 is 5.73 Å². The maximum atomic E-state index is 6.04. The number of nitrogens with two attached hydrogens (primary N) is 1. The van der Waals surface area contributed by atoms with E-state index < -0.39 is 0 Å². The van der Waals surface area contributed by atoms with Crippen LogP contribution in [0.2, 0.25) is 0 Å². The number of hydrogen-bond donors (Lipinski definition) is 1. The van der Waals surface area contributed by atoms with Gasteiger partial charge in [0.15, 0.2) is 0 Å². The van der Waals surface area contributed by atoms with Crippen molar-refractivity contribution in [2.45, 2.75) is 16.2 Å². The molecule has 1 heterocycles. The Bertz CT molecular complexity index is 587. The van der Waals surface area contributed by atoms with Crippen LogP contribution in [0.15, 0.2) is 52.3 Å². The van der Waals surface area contributed by atoms with Gasteiger partial charge in [0.1, 0.15) is 0 Å². The largest absolute Gasteiger partial charge is 0.398 e. The summed E-state index contributed by atoms with van der Waals surface area (Å²) in [7, 11) is -0.0804. The van der Waals surface area contributed by atoms with E-state index in [1.54, 1.807) is 0 Å². The number of nitrogen functional groups attached to an aromatic ring is 1. The van der Waals surface area contributed by atoms with E-state index in [9.17, 15) is 0 Å². The Hall–Kier alpha value is -1.54. The predicted molar refractivity (Wildman–Crippen MR) is 71.3 cm³/mol. The van der Waals surface area contributed by atoms with Gasteiger partial charge in [0.05, 0.1) is 0 Å². The lowest BCUT2D eigenvalue weighted by Gasteiger charge is -2.23. The third-order valence-corrected chi connectivity index (χ3v) is 4.88. The number of benzene rings is 2. The van der Waals surface area contributed by atoms with Gasteiger partial charge in [-0.05, 0) is 29.3 Å². The average molecular weight is 227 g/mol. The van der Waals surface area contributed by atoms with Gasteiger partial charge in [0, 0.05) is 21.9 Å². The van der Waals surface area contributed by atoms with Crippen molar-refractivity contribution < 1.29 is 0 Å². The van der Waals surface area contributed by atoms with E-state index in [0.717, 1.165) is 12.1 Å². The predicted octanol–water partition coefficient (Wildman–Crippen LogP) is 3.29. The first-order valence-corrected chi connectivity index (χ1v) is 6.66. The van der Waals surface area contributed by atoms with E-state index in [0.29, 0.717) is 0 Å². The highest BCUT2D eigenvalue weighted by Gasteiger charge is 2.18. The SMILES string of the molecule is C=S1c2ccccc2Cc2c(N)cccc21. The maximum absolute atomic E-state index is 6.04. The second-order valence-corrected chi connectivity index (χ2v) is 5.66. The van der Waals surface area contributed by atoms with Gasteiger partial charge in [-0.2, -0.15) is 0 Å². The summed E-state index contributed by atoms with van der Waals surface area (Å²) in [6.45, 7) is 0. The first-order valence-electron chi connectivity index (χ1n) is 5.26. The zero-order valence-corrected chi connectivity index (χ0v) is 9.76. The molecular formula is C14H13NS. The fourth-order valence-electron chi connectivity index (χ4n) is 2.20. The molecule has 16 heavy (non-hydrogen) atoms. The molecule has 2 aromatic rings. The Morgan fingerprint density at radius 2 is 1.75 bits per heavy atom. The highest BCUT2D eigenvalue weighted by molar-refractivity contribution is 8.14. The number of anilines is 1.